The fraction of sp³-hybridized carbons (Fsp3) is 0.407. The largest absolute Gasteiger partial charge is 0.381 e. The van der Waals surface area contributed by atoms with Gasteiger partial charge < -0.3 is 20.3 Å². The number of carbonyl (C=O) groups is 1. The van der Waals surface area contributed by atoms with Crippen LogP contribution in [0.1, 0.15) is 42.9 Å². The SMILES string of the molecule is O=C(Nc1ccc2nc(N[C@@H]3CCc4ccccc43)ccc2c1)N1CCC2(CCOC2)CC1. The number of likely N-dealkylation sites (tertiary alicyclic amines) is 1. The monoisotopic (exact) mass is 442 g/mol. The molecule has 1 aliphatic carbocycles. The van der Waals surface area contributed by atoms with E-state index in [0.717, 1.165) is 80.8 Å². The van der Waals surface area contributed by atoms with Crippen LogP contribution >= 0.6 is 0 Å². The molecule has 3 aromatic rings. The van der Waals surface area contributed by atoms with Crippen LogP contribution in [-0.2, 0) is 11.2 Å². The van der Waals surface area contributed by atoms with Crippen molar-refractivity contribution >= 4 is 28.4 Å². The number of ether oxygens (including phenoxy) is 1. The van der Waals surface area contributed by atoms with Gasteiger partial charge in [0.25, 0.3) is 0 Å². The molecule has 2 aliphatic heterocycles. The van der Waals surface area contributed by atoms with Crippen LogP contribution in [0.25, 0.3) is 10.9 Å². The predicted octanol–water partition coefficient (Wildman–Crippen LogP) is 5.37. The van der Waals surface area contributed by atoms with E-state index in [-0.39, 0.29) is 6.03 Å². The fourth-order valence-corrected chi connectivity index (χ4v) is 5.60. The number of rotatable bonds is 3. The third kappa shape index (κ3) is 4.04. The second-order valence-electron chi connectivity index (χ2n) is 9.76. The highest BCUT2D eigenvalue weighted by Gasteiger charge is 2.39. The van der Waals surface area contributed by atoms with Gasteiger partial charge in [-0.05, 0) is 79.0 Å². The molecule has 0 bridgehead atoms. The number of hydrogen-bond donors (Lipinski definition) is 2. The van der Waals surface area contributed by atoms with Crippen LogP contribution in [0.4, 0.5) is 16.3 Å². The maximum Gasteiger partial charge on any atom is 0.321 e. The van der Waals surface area contributed by atoms with Gasteiger partial charge in [-0.2, -0.15) is 0 Å². The molecule has 1 spiro atoms. The number of aromatic nitrogens is 1. The summed E-state index contributed by atoms with van der Waals surface area (Å²) in [4.78, 5) is 19.6. The molecule has 33 heavy (non-hydrogen) atoms. The van der Waals surface area contributed by atoms with Crippen molar-refractivity contribution in [2.45, 2.75) is 38.1 Å². The summed E-state index contributed by atoms with van der Waals surface area (Å²) in [6.07, 6.45) is 5.39. The van der Waals surface area contributed by atoms with E-state index in [9.17, 15) is 4.79 Å². The third-order valence-corrected chi connectivity index (χ3v) is 7.69. The molecule has 2 aromatic carbocycles. The third-order valence-electron chi connectivity index (χ3n) is 7.69. The molecule has 6 heteroatoms. The second kappa shape index (κ2) is 8.34. The van der Waals surface area contributed by atoms with Gasteiger partial charge in [0.2, 0.25) is 0 Å². The van der Waals surface area contributed by atoms with E-state index in [1.807, 2.05) is 29.2 Å². The van der Waals surface area contributed by atoms with E-state index in [1.165, 1.54) is 11.1 Å². The summed E-state index contributed by atoms with van der Waals surface area (Å²) in [7, 11) is 0. The van der Waals surface area contributed by atoms with Crippen molar-refractivity contribution in [1.82, 2.24) is 9.88 Å². The van der Waals surface area contributed by atoms with Crippen LogP contribution in [0.15, 0.2) is 54.6 Å². The Balaban J connectivity index is 1.11. The van der Waals surface area contributed by atoms with E-state index in [1.54, 1.807) is 0 Å². The average molecular weight is 443 g/mol. The number of fused-ring (bicyclic) bond motifs is 2. The Bertz CT molecular complexity index is 1180. The summed E-state index contributed by atoms with van der Waals surface area (Å²) < 4.78 is 5.60. The number of nitrogens with zero attached hydrogens (tertiary/aromatic N) is 2. The number of piperidine rings is 1. The van der Waals surface area contributed by atoms with Gasteiger partial charge in [0.1, 0.15) is 5.82 Å². The normalized spacial score (nSPS) is 21.3. The number of benzene rings is 2. The molecule has 2 fully saturated rings. The molecule has 0 unspecified atom stereocenters. The van der Waals surface area contributed by atoms with Crippen molar-refractivity contribution in [2.24, 2.45) is 5.41 Å². The Hall–Kier alpha value is -3.12. The van der Waals surface area contributed by atoms with Gasteiger partial charge in [-0.25, -0.2) is 9.78 Å². The molecule has 2 N–H and O–H groups in total. The van der Waals surface area contributed by atoms with Crippen molar-refractivity contribution in [2.75, 3.05) is 36.9 Å². The van der Waals surface area contributed by atoms with E-state index >= 15 is 0 Å². The van der Waals surface area contributed by atoms with Crippen LogP contribution in [0.5, 0.6) is 0 Å². The predicted molar refractivity (Wildman–Crippen MR) is 131 cm³/mol. The maximum absolute atomic E-state index is 12.8. The first kappa shape index (κ1) is 20.5. The summed E-state index contributed by atoms with van der Waals surface area (Å²) in [5, 5.41) is 7.70. The molecular formula is C27H30N4O2. The van der Waals surface area contributed by atoms with Gasteiger partial charge in [-0.1, -0.05) is 24.3 Å². The lowest BCUT2D eigenvalue weighted by atomic mass is 9.78. The first-order valence-corrected chi connectivity index (χ1v) is 12.1. The van der Waals surface area contributed by atoms with Crippen molar-refractivity contribution < 1.29 is 9.53 Å². The fourth-order valence-electron chi connectivity index (χ4n) is 5.60. The molecule has 0 saturated carbocycles. The molecule has 2 amide bonds. The number of pyridine rings is 1. The molecule has 6 nitrogen and oxygen atoms in total. The molecular weight excluding hydrogens is 412 g/mol. The summed E-state index contributed by atoms with van der Waals surface area (Å²) in [5.41, 5.74) is 4.84. The van der Waals surface area contributed by atoms with Crippen LogP contribution < -0.4 is 10.6 Å². The van der Waals surface area contributed by atoms with Gasteiger partial charge in [0.15, 0.2) is 0 Å². The van der Waals surface area contributed by atoms with Gasteiger partial charge in [0.05, 0.1) is 18.2 Å². The van der Waals surface area contributed by atoms with Crippen molar-refractivity contribution in [3.8, 4) is 0 Å². The number of carbonyl (C=O) groups excluding carboxylic acids is 1. The summed E-state index contributed by atoms with van der Waals surface area (Å²) >= 11 is 0. The minimum Gasteiger partial charge on any atom is -0.381 e. The van der Waals surface area contributed by atoms with Crippen molar-refractivity contribution in [3.63, 3.8) is 0 Å². The Morgan fingerprint density at radius 3 is 2.79 bits per heavy atom. The molecule has 3 aliphatic rings. The van der Waals surface area contributed by atoms with Gasteiger partial charge in [0, 0.05) is 30.8 Å². The van der Waals surface area contributed by atoms with Gasteiger partial charge in [-0.15, -0.1) is 0 Å². The minimum absolute atomic E-state index is 0.0192. The highest BCUT2D eigenvalue weighted by atomic mass is 16.5. The van der Waals surface area contributed by atoms with Gasteiger partial charge in [-0.3, -0.25) is 0 Å². The van der Waals surface area contributed by atoms with Crippen LogP contribution in [0.3, 0.4) is 0 Å². The molecule has 1 atom stereocenters. The lowest BCUT2D eigenvalue weighted by molar-refractivity contribution is 0.0947. The standard InChI is InChI=1S/C27H30N4O2/c32-26(31-14-11-27(12-15-31)13-16-33-18-27)28-21-7-9-23-20(17-21)6-10-25(29-23)30-24-8-5-19-3-1-2-4-22(19)24/h1-4,6-7,9-10,17,24H,5,8,11-16,18H2,(H,28,32)(H,29,30)/t24-/m1/s1. The van der Waals surface area contributed by atoms with E-state index in [4.69, 9.17) is 9.72 Å². The summed E-state index contributed by atoms with van der Waals surface area (Å²) in [5.74, 6) is 0.888. The number of nitrogens with one attached hydrogen (secondary N) is 2. The molecule has 170 valence electrons. The van der Waals surface area contributed by atoms with E-state index in [2.05, 4.69) is 41.0 Å². The number of urea groups is 1. The Morgan fingerprint density at radius 1 is 1.06 bits per heavy atom. The zero-order valence-electron chi connectivity index (χ0n) is 18.8. The van der Waals surface area contributed by atoms with Gasteiger partial charge >= 0.3 is 6.03 Å². The number of amides is 2. The van der Waals surface area contributed by atoms with Crippen molar-refractivity contribution in [3.05, 3.63) is 65.7 Å². The summed E-state index contributed by atoms with van der Waals surface area (Å²) in [6, 6.07) is 19.0. The lowest BCUT2D eigenvalue weighted by Crippen LogP contribution is -2.45. The highest BCUT2D eigenvalue weighted by Crippen LogP contribution is 2.39. The van der Waals surface area contributed by atoms with E-state index < -0.39 is 0 Å². The number of aryl methyl sites for hydroxylation is 1. The average Bonchev–Trinajstić information content (AvgIpc) is 3.47. The number of hydrogen-bond acceptors (Lipinski definition) is 4. The molecule has 3 heterocycles. The second-order valence-corrected chi connectivity index (χ2v) is 9.76. The minimum atomic E-state index is -0.0192. The lowest BCUT2D eigenvalue weighted by Gasteiger charge is -2.38. The van der Waals surface area contributed by atoms with Crippen LogP contribution in [0.2, 0.25) is 0 Å². The Kier molecular flexibility index (Phi) is 5.18. The Morgan fingerprint density at radius 2 is 1.94 bits per heavy atom. The Labute approximate surface area is 194 Å². The zero-order valence-corrected chi connectivity index (χ0v) is 18.8. The molecule has 1 aromatic heterocycles. The molecule has 6 rings (SSSR count). The first-order chi connectivity index (χ1) is 16.2. The quantitative estimate of drug-likeness (QED) is 0.572. The topological polar surface area (TPSA) is 66.5 Å². The zero-order chi connectivity index (χ0) is 22.3. The summed E-state index contributed by atoms with van der Waals surface area (Å²) in [6.45, 7) is 3.31. The highest BCUT2D eigenvalue weighted by molar-refractivity contribution is 5.93. The van der Waals surface area contributed by atoms with Crippen LogP contribution in [0, 0.1) is 5.41 Å². The molecule has 0 radical (unpaired) electrons. The number of anilines is 2. The van der Waals surface area contributed by atoms with Crippen LogP contribution in [-0.4, -0.2) is 42.2 Å². The van der Waals surface area contributed by atoms with E-state index in [0.29, 0.717) is 11.5 Å². The molecule has 2 saturated heterocycles. The van der Waals surface area contributed by atoms with Crippen molar-refractivity contribution in [1.29, 1.82) is 0 Å². The smallest absolute Gasteiger partial charge is 0.321 e. The first-order valence-electron chi connectivity index (χ1n) is 12.1. The maximum atomic E-state index is 12.8.